The van der Waals surface area contributed by atoms with Gasteiger partial charge in [0.25, 0.3) is 5.89 Å². The summed E-state index contributed by atoms with van der Waals surface area (Å²) in [5.74, 6) is 1.40. The summed E-state index contributed by atoms with van der Waals surface area (Å²) in [4.78, 5) is 4.44. The second-order valence-electron chi connectivity index (χ2n) is 5.05. The fourth-order valence-corrected chi connectivity index (χ4v) is 2.38. The highest BCUT2D eigenvalue weighted by Crippen LogP contribution is 2.31. The van der Waals surface area contributed by atoms with E-state index in [1.165, 1.54) is 5.56 Å². The van der Waals surface area contributed by atoms with Crippen LogP contribution >= 0.6 is 0 Å². The lowest BCUT2D eigenvalue weighted by atomic mass is 10.1. The smallest absolute Gasteiger partial charge is 0.255 e. The summed E-state index contributed by atoms with van der Waals surface area (Å²) in [6.45, 7) is 2.08. The number of aryl methyl sites for hydroxylation is 2. The van der Waals surface area contributed by atoms with Gasteiger partial charge in [-0.05, 0) is 31.7 Å². The molecule has 0 spiro atoms. The lowest BCUT2D eigenvalue weighted by molar-refractivity contribution is 0.0355. The second-order valence-corrected chi connectivity index (χ2v) is 5.05. The maximum Gasteiger partial charge on any atom is 0.255 e. The molecule has 0 N–H and O–H groups in total. The molecule has 2 aromatic rings. The molecular formula is C15H18N2O2. The lowest BCUT2D eigenvalue weighted by Gasteiger charge is -2.04. The van der Waals surface area contributed by atoms with Crippen LogP contribution in [0.25, 0.3) is 0 Å². The molecule has 19 heavy (non-hydrogen) atoms. The Hall–Kier alpha value is -1.68. The Labute approximate surface area is 112 Å². The minimum atomic E-state index is -0.00650. The molecule has 4 heteroatoms. The first-order valence-corrected chi connectivity index (χ1v) is 6.83. The third kappa shape index (κ3) is 3.01. The Balaban J connectivity index is 1.59. The van der Waals surface area contributed by atoms with E-state index in [0.29, 0.717) is 12.0 Å². The van der Waals surface area contributed by atoms with Crippen LogP contribution in [0.1, 0.15) is 43.1 Å². The predicted molar refractivity (Wildman–Crippen MR) is 70.7 cm³/mol. The quantitative estimate of drug-likeness (QED) is 0.845. The number of aromatic nitrogens is 2. The Morgan fingerprint density at radius 2 is 2.00 bits per heavy atom. The van der Waals surface area contributed by atoms with Crippen LogP contribution in [0.4, 0.5) is 0 Å². The van der Waals surface area contributed by atoms with Gasteiger partial charge in [0.2, 0.25) is 0 Å². The summed E-state index contributed by atoms with van der Waals surface area (Å²) in [6.07, 6.45) is 4.06. The summed E-state index contributed by atoms with van der Waals surface area (Å²) in [5.41, 5.74) is 1.29. The highest BCUT2D eigenvalue weighted by atomic mass is 16.5. The molecule has 1 aliphatic heterocycles. The summed E-state index contributed by atoms with van der Waals surface area (Å²) in [7, 11) is 0. The fourth-order valence-electron chi connectivity index (χ4n) is 2.38. The summed E-state index contributed by atoms with van der Waals surface area (Å²) >= 11 is 0. The van der Waals surface area contributed by atoms with Gasteiger partial charge >= 0.3 is 0 Å². The van der Waals surface area contributed by atoms with E-state index in [2.05, 4.69) is 29.2 Å². The normalized spacial score (nSPS) is 22.8. The first kappa shape index (κ1) is 12.4. The Morgan fingerprint density at radius 3 is 2.74 bits per heavy atom. The van der Waals surface area contributed by atoms with Crippen LogP contribution in [0.5, 0.6) is 0 Å². The first-order chi connectivity index (χ1) is 9.31. The lowest BCUT2D eigenvalue weighted by Crippen LogP contribution is -2.01. The van der Waals surface area contributed by atoms with Crippen molar-refractivity contribution in [1.29, 1.82) is 0 Å². The molecule has 1 fully saturated rings. The van der Waals surface area contributed by atoms with E-state index in [4.69, 9.17) is 9.26 Å². The zero-order valence-electron chi connectivity index (χ0n) is 11.1. The van der Waals surface area contributed by atoms with Crippen molar-refractivity contribution in [2.24, 2.45) is 0 Å². The van der Waals surface area contributed by atoms with E-state index in [1.807, 2.05) is 18.2 Å². The van der Waals surface area contributed by atoms with Gasteiger partial charge in [-0.25, -0.2) is 0 Å². The van der Waals surface area contributed by atoms with Gasteiger partial charge < -0.3 is 9.26 Å². The molecule has 1 aromatic carbocycles. The van der Waals surface area contributed by atoms with Crippen LogP contribution in [-0.2, 0) is 17.6 Å². The van der Waals surface area contributed by atoms with E-state index in [1.54, 1.807) is 0 Å². The van der Waals surface area contributed by atoms with E-state index < -0.39 is 0 Å². The molecule has 3 rings (SSSR count). The minimum Gasteiger partial charge on any atom is -0.365 e. The maximum atomic E-state index is 5.73. The average molecular weight is 258 g/mol. The van der Waals surface area contributed by atoms with Gasteiger partial charge in [0.1, 0.15) is 6.10 Å². The largest absolute Gasteiger partial charge is 0.365 e. The van der Waals surface area contributed by atoms with E-state index in [0.717, 1.165) is 31.5 Å². The second kappa shape index (κ2) is 5.53. The van der Waals surface area contributed by atoms with E-state index in [-0.39, 0.29) is 6.10 Å². The number of rotatable bonds is 4. The van der Waals surface area contributed by atoms with Gasteiger partial charge in [-0.2, -0.15) is 4.98 Å². The standard InChI is InChI=1S/C15H18N2O2/c1-11-7-9-13(18-11)15-16-14(17-19-15)10-8-12-5-3-2-4-6-12/h2-6,11,13H,7-10H2,1H3/t11-,13+/m0/s1. The number of benzene rings is 1. The van der Waals surface area contributed by atoms with Crippen LogP contribution in [0.15, 0.2) is 34.9 Å². The molecular weight excluding hydrogens is 240 g/mol. The molecule has 0 aliphatic carbocycles. The van der Waals surface area contributed by atoms with Crippen molar-refractivity contribution < 1.29 is 9.26 Å². The first-order valence-electron chi connectivity index (χ1n) is 6.83. The molecule has 0 radical (unpaired) electrons. The van der Waals surface area contributed by atoms with Crippen LogP contribution in [-0.4, -0.2) is 16.2 Å². The third-order valence-electron chi connectivity index (χ3n) is 3.47. The Kier molecular flexibility index (Phi) is 3.60. The zero-order valence-corrected chi connectivity index (χ0v) is 11.1. The van der Waals surface area contributed by atoms with Crippen molar-refractivity contribution in [1.82, 2.24) is 10.1 Å². The third-order valence-corrected chi connectivity index (χ3v) is 3.47. The number of nitrogens with zero attached hydrogens (tertiary/aromatic N) is 2. The summed E-state index contributed by atoms with van der Waals surface area (Å²) in [5, 5.41) is 4.03. The van der Waals surface area contributed by atoms with E-state index in [9.17, 15) is 0 Å². The number of hydrogen-bond donors (Lipinski definition) is 0. The van der Waals surface area contributed by atoms with Gasteiger partial charge in [-0.15, -0.1) is 0 Å². The predicted octanol–water partition coefficient (Wildman–Crippen LogP) is 3.09. The van der Waals surface area contributed by atoms with Crippen LogP contribution in [0.2, 0.25) is 0 Å². The van der Waals surface area contributed by atoms with Crippen LogP contribution in [0, 0.1) is 0 Å². The van der Waals surface area contributed by atoms with Gasteiger partial charge in [0, 0.05) is 6.42 Å². The van der Waals surface area contributed by atoms with Crippen LogP contribution in [0.3, 0.4) is 0 Å². The minimum absolute atomic E-state index is 0.00650. The molecule has 0 unspecified atom stereocenters. The maximum absolute atomic E-state index is 5.73. The topological polar surface area (TPSA) is 48.2 Å². The monoisotopic (exact) mass is 258 g/mol. The highest BCUT2D eigenvalue weighted by Gasteiger charge is 2.28. The highest BCUT2D eigenvalue weighted by molar-refractivity contribution is 5.15. The molecule has 2 atom stereocenters. The summed E-state index contributed by atoms with van der Waals surface area (Å²) in [6, 6.07) is 10.3. The van der Waals surface area contributed by atoms with Crippen molar-refractivity contribution in [3.63, 3.8) is 0 Å². The van der Waals surface area contributed by atoms with Crippen molar-refractivity contribution in [2.45, 2.75) is 44.8 Å². The van der Waals surface area contributed by atoms with Crippen LogP contribution < -0.4 is 0 Å². The van der Waals surface area contributed by atoms with Crippen molar-refractivity contribution in [3.05, 3.63) is 47.6 Å². The zero-order chi connectivity index (χ0) is 13.1. The molecule has 0 amide bonds. The van der Waals surface area contributed by atoms with Gasteiger partial charge in [0.05, 0.1) is 6.10 Å². The molecule has 1 saturated heterocycles. The molecule has 1 aromatic heterocycles. The van der Waals surface area contributed by atoms with Gasteiger partial charge in [0.15, 0.2) is 5.82 Å². The van der Waals surface area contributed by atoms with Gasteiger partial charge in [-0.3, -0.25) is 0 Å². The molecule has 0 saturated carbocycles. The van der Waals surface area contributed by atoms with Crippen molar-refractivity contribution in [2.75, 3.05) is 0 Å². The Bertz CT molecular complexity index is 524. The molecule has 0 bridgehead atoms. The summed E-state index contributed by atoms with van der Waals surface area (Å²) < 4.78 is 11.0. The number of ether oxygens (including phenoxy) is 1. The van der Waals surface area contributed by atoms with E-state index >= 15 is 0 Å². The fraction of sp³-hybridized carbons (Fsp3) is 0.467. The van der Waals surface area contributed by atoms with Crippen molar-refractivity contribution in [3.8, 4) is 0 Å². The molecule has 100 valence electrons. The average Bonchev–Trinajstić information content (AvgIpc) is 3.06. The molecule has 4 nitrogen and oxygen atoms in total. The SMILES string of the molecule is C[C@H]1CC[C@H](c2nc(CCc3ccccc3)no2)O1. The van der Waals surface area contributed by atoms with Crippen molar-refractivity contribution >= 4 is 0 Å². The Morgan fingerprint density at radius 1 is 1.16 bits per heavy atom. The number of hydrogen-bond acceptors (Lipinski definition) is 4. The molecule has 1 aliphatic rings. The van der Waals surface area contributed by atoms with Gasteiger partial charge in [-0.1, -0.05) is 35.5 Å². The molecule has 2 heterocycles.